The van der Waals surface area contributed by atoms with Crippen molar-refractivity contribution in [1.82, 2.24) is 0 Å². The number of esters is 2. The van der Waals surface area contributed by atoms with Crippen molar-refractivity contribution in [2.24, 2.45) is 0 Å². The van der Waals surface area contributed by atoms with Gasteiger partial charge in [0, 0.05) is 5.69 Å². The van der Waals surface area contributed by atoms with E-state index in [-0.39, 0.29) is 5.56 Å². The molecular weight excluding hydrogens is 410 g/mol. The number of carbonyl (C=O) groups excluding carboxylic acids is 3. The average molecular weight is 433 g/mol. The molecule has 0 saturated carbocycles. The lowest BCUT2D eigenvalue weighted by molar-refractivity contribution is -0.119. The van der Waals surface area contributed by atoms with Crippen LogP contribution in [0.5, 0.6) is 5.75 Å². The summed E-state index contributed by atoms with van der Waals surface area (Å²) in [5.74, 6) is -1.17. The van der Waals surface area contributed by atoms with Crippen molar-refractivity contribution in [3.63, 3.8) is 0 Å². The molecule has 0 aromatic heterocycles. The first-order valence-electron chi connectivity index (χ1n) is 9.89. The zero-order valence-corrected chi connectivity index (χ0v) is 17.8. The topological polar surface area (TPSA) is 90.9 Å². The van der Waals surface area contributed by atoms with Crippen molar-refractivity contribution in [3.05, 3.63) is 95.1 Å². The predicted molar refractivity (Wildman–Crippen MR) is 119 cm³/mol. The van der Waals surface area contributed by atoms with Crippen LogP contribution in [0, 0.1) is 6.92 Å². The number of amides is 1. The lowest BCUT2D eigenvalue weighted by Gasteiger charge is -2.11. The zero-order chi connectivity index (χ0) is 22.9. The molecule has 164 valence electrons. The average Bonchev–Trinajstić information content (AvgIpc) is 2.83. The predicted octanol–water partition coefficient (Wildman–Crippen LogP) is 4.16. The van der Waals surface area contributed by atoms with Gasteiger partial charge in [-0.3, -0.25) is 4.79 Å². The van der Waals surface area contributed by atoms with Gasteiger partial charge in [-0.2, -0.15) is 0 Å². The van der Waals surface area contributed by atoms with Crippen molar-refractivity contribution >= 4 is 23.5 Å². The third-order valence-electron chi connectivity index (χ3n) is 4.59. The molecular formula is C25H23NO6. The molecule has 0 unspecified atom stereocenters. The third kappa shape index (κ3) is 6.18. The molecule has 0 fully saturated rings. The van der Waals surface area contributed by atoms with E-state index in [0.29, 0.717) is 23.6 Å². The number of nitrogens with one attached hydrogen (secondary N) is 1. The van der Waals surface area contributed by atoms with E-state index in [2.05, 4.69) is 10.1 Å². The summed E-state index contributed by atoms with van der Waals surface area (Å²) in [5.41, 5.74) is 2.76. The molecule has 3 aromatic rings. The first-order valence-corrected chi connectivity index (χ1v) is 9.89. The first-order chi connectivity index (χ1) is 15.5. The summed E-state index contributed by atoms with van der Waals surface area (Å²) in [4.78, 5) is 36.3. The molecule has 0 spiro atoms. The largest absolute Gasteiger partial charge is 0.489 e. The summed E-state index contributed by atoms with van der Waals surface area (Å²) >= 11 is 0. The molecule has 0 aliphatic rings. The SMILES string of the molecule is COC(=O)c1ccc(C)c(NC(=O)COC(=O)c2cccc(OCc3ccccc3)c2)c1. The number of hydrogen-bond donors (Lipinski definition) is 1. The van der Waals surface area contributed by atoms with Gasteiger partial charge in [0.05, 0.1) is 18.2 Å². The van der Waals surface area contributed by atoms with E-state index in [1.54, 1.807) is 43.3 Å². The number of hydrogen-bond acceptors (Lipinski definition) is 6. The molecule has 0 heterocycles. The van der Waals surface area contributed by atoms with Gasteiger partial charge < -0.3 is 19.5 Å². The molecule has 7 heteroatoms. The molecule has 3 aromatic carbocycles. The lowest BCUT2D eigenvalue weighted by atomic mass is 10.1. The number of rotatable bonds is 8. The van der Waals surface area contributed by atoms with Gasteiger partial charge in [-0.1, -0.05) is 42.5 Å². The van der Waals surface area contributed by atoms with Crippen LogP contribution in [0.1, 0.15) is 31.8 Å². The number of aryl methyl sites for hydroxylation is 1. The minimum absolute atomic E-state index is 0.271. The molecule has 7 nitrogen and oxygen atoms in total. The number of ether oxygens (including phenoxy) is 3. The number of carbonyl (C=O) groups is 3. The summed E-state index contributed by atoms with van der Waals surface area (Å²) in [5, 5.41) is 2.64. The van der Waals surface area contributed by atoms with Gasteiger partial charge in [0.2, 0.25) is 0 Å². The molecule has 32 heavy (non-hydrogen) atoms. The molecule has 0 radical (unpaired) electrons. The zero-order valence-electron chi connectivity index (χ0n) is 17.8. The van der Waals surface area contributed by atoms with Crippen molar-refractivity contribution < 1.29 is 28.6 Å². The molecule has 1 amide bonds. The van der Waals surface area contributed by atoms with Crippen LogP contribution >= 0.6 is 0 Å². The Balaban J connectivity index is 1.55. The fourth-order valence-electron chi connectivity index (χ4n) is 2.86. The highest BCUT2D eigenvalue weighted by molar-refractivity contribution is 5.97. The van der Waals surface area contributed by atoms with Crippen molar-refractivity contribution in [1.29, 1.82) is 0 Å². The lowest BCUT2D eigenvalue weighted by Crippen LogP contribution is -2.21. The standard InChI is InChI=1S/C25H23NO6/c1-17-11-12-20(24(28)30-2)14-22(17)26-23(27)16-32-25(29)19-9-6-10-21(13-19)31-15-18-7-4-3-5-8-18/h3-14H,15-16H2,1-2H3,(H,26,27). The van der Waals surface area contributed by atoms with E-state index in [1.165, 1.54) is 13.2 Å². The van der Waals surface area contributed by atoms with Crippen molar-refractivity contribution in [2.75, 3.05) is 19.0 Å². The van der Waals surface area contributed by atoms with Crippen LogP contribution in [0.4, 0.5) is 5.69 Å². The van der Waals surface area contributed by atoms with Crippen molar-refractivity contribution in [3.8, 4) is 5.75 Å². The van der Waals surface area contributed by atoms with Crippen LogP contribution in [-0.2, 0) is 20.9 Å². The maximum Gasteiger partial charge on any atom is 0.338 e. The van der Waals surface area contributed by atoms with Gasteiger partial charge >= 0.3 is 11.9 Å². The first kappa shape index (κ1) is 22.6. The summed E-state index contributed by atoms with van der Waals surface area (Å²) in [6.07, 6.45) is 0. The van der Waals surface area contributed by atoms with Crippen LogP contribution in [0.25, 0.3) is 0 Å². The quantitative estimate of drug-likeness (QED) is 0.537. The summed E-state index contributed by atoms with van der Waals surface area (Å²) < 4.78 is 15.5. The fraction of sp³-hybridized carbons (Fsp3) is 0.160. The van der Waals surface area contributed by atoms with E-state index in [9.17, 15) is 14.4 Å². The second kappa shape index (κ2) is 10.8. The van der Waals surface area contributed by atoms with Gasteiger partial charge in [-0.15, -0.1) is 0 Å². The van der Waals surface area contributed by atoms with Gasteiger partial charge in [0.1, 0.15) is 12.4 Å². The minimum atomic E-state index is -0.648. The second-order valence-corrected chi connectivity index (χ2v) is 6.95. The summed E-state index contributed by atoms with van der Waals surface area (Å²) in [6.45, 7) is 1.67. The minimum Gasteiger partial charge on any atom is -0.489 e. The fourth-order valence-corrected chi connectivity index (χ4v) is 2.86. The number of methoxy groups -OCH3 is 1. The Morgan fingerprint density at radius 2 is 1.59 bits per heavy atom. The summed E-state index contributed by atoms with van der Waals surface area (Å²) in [7, 11) is 1.28. The van der Waals surface area contributed by atoms with Crippen LogP contribution in [-0.4, -0.2) is 31.6 Å². The Hall–Kier alpha value is -4.13. The Bertz CT molecular complexity index is 1110. The van der Waals surface area contributed by atoms with Crippen molar-refractivity contribution in [2.45, 2.75) is 13.5 Å². The monoisotopic (exact) mass is 433 g/mol. The molecule has 0 atom stereocenters. The van der Waals surface area contributed by atoms with Crippen LogP contribution in [0.3, 0.4) is 0 Å². The van der Waals surface area contributed by atoms with E-state index in [0.717, 1.165) is 11.1 Å². The Kier molecular flexibility index (Phi) is 7.59. The van der Waals surface area contributed by atoms with Gasteiger partial charge in [-0.05, 0) is 48.4 Å². The molecule has 0 aliphatic heterocycles. The van der Waals surface area contributed by atoms with E-state index in [4.69, 9.17) is 9.47 Å². The number of benzene rings is 3. The summed E-state index contributed by atoms with van der Waals surface area (Å²) in [6, 6.07) is 21.0. The second-order valence-electron chi connectivity index (χ2n) is 6.95. The molecule has 3 rings (SSSR count). The highest BCUT2D eigenvalue weighted by atomic mass is 16.5. The smallest absolute Gasteiger partial charge is 0.338 e. The maximum atomic E-state index is 12.4. The van der Waals surface area contributed by atoms with Crippen LogP contribution < -0.4 is 10.1 Å². The van der Waals surface area contributed by atoms with Crippen LogP contribution in [0.15, 0.2) is 72.8 Å². The highest BCUT2D eigenvalue weighted by Gasteiger charge is 2.14. The highest BCUT2D eigenvalue weighted by Crippen LogP contribution is 2.18. The number of anilines is 1. The molecule has 0 saturated heterocycles. The molecule has 0 aliphatic carbocycles. The maximum absolute atomic E-state index is 12.4. The van der Waals surface area contributed by atoms with Crippen LogP contribution in [0.2, 0.25) is 0 Å². The molecule has 0 bridgehead atoms. The van der Waals surface area contributed by atoms with E-state index < -0.39 is 24.5 Å². The Morgan fingerprint density at radius 1 is 0.844 bits per heavy atom. The van der Waals surface area contributed by atoms with Gasteiger partial charge in [0.15, 0.2) is 6.61 Å². The van der Waals surface area contributed by atoms with Gasteiger partial charge in [0.25, 0.3) is 5.91 Å². The third-order valence-corrected chi connectivity index (χ3v) is 4.59. The van der Waals surface area contributed by atoms with Gasteiger partial charge in [-0.25, -0.2) is 9.59 Å². The van der Waals surface area contributed by atoms with E-state index in [1.807, 2.05) is 30.3 Å². The Morgan fingerprint density at radius 3 is 2.34 bits per heavy atom. The van der Waals surface area contributed by atoms with E-state index >= 15 is 0 Å². The normalized spacial score (nSPS) is 10.2. The molecule has 1 N–H and O–H groups in total. The Labute approximate surface area is 185 Å².